The smallest absolute Gasteiger partial charge is 0.242 e. The van der Waals surface area contributed by atoms with Crippen LogP contribution in [0.25, 0.3) is 0 Å². The number of hydrogen-bond donors (Lipinski definition) is 2. The Hall–Kier alpha value is -2.36. The number of carbonyl (C=O) groups is 1. The van der Waals surface area contributed by atoms with E-state index >= 15 is 0 Å². The van der Waals surface area contributed by atoms with Crippen LogP contribution >= 0.6 is 0 Å². The van der Waals surface area contributed by atoms with Crippen LogP contribution in [0.2, 0.25) is 0 Å². The van der Waals surface area contributed by atoms with Crippen molar-refractivity contribution in [2.75, 3.05) is 5.32 Å². The molecule has 3 rings (SSSR count). The van der Waals surface area contributed by atoms with Gasteiger partial charge in [-0.25, -0.2) is 0 Å². The molecule has 4 nitrogen and oxygen atoms in total. The Kier molecular flexibility index (Phi) is 4.60. The van der Waals surface area contributed by atoms with Gasteiger partial charge in [0, 0.05) is 24.6 Å². The van der Waals surface area contributed by atoms with Gasteiger partial charge in [0.15, 0.2) is 0 Å². The van der Waals surface area contributed by atoms with Gasteiger partial charge in [0.2, 0.25) is 5.91 Å². The largest absolute Gasteiger partial charge is 0.373 e. The van der Waals surface area contributed by atoms with Crippen molar-refractivity contribution in [2.24, 2.45) is 0 Å². The Labute approximate surface area is 137 Å². The molecule has 0 radical (unpaired) electrons. The molecular weight excluding hydrogens is 286 g/mol. The second-order valence-electron chi connectivity index (χ2n) is 6.39. The first-order valence-electron chi connectivity index (χ1n) is 8.19. The van der Waals surface area contributed by atoms with E-state index in [1.54, 1.807) is 0 Å². The van der Waals surface area contributed by atoms with E-state index in [0.29, 0.717) is 12.5 Å². The molecule has 0 aliphatic carbocycles. The average molecular weight is 309 g/mol. The molecule has 1 aromatic carbocycles. The summed E-state index contributed by atoms with van der Waals surface area (Å²) < 4.78 is 0. The van der Waals surface area contributed by atoms with E-state index in [1.807, 2.05) is 30.6 Å². The molecule has 1 atom stereocenters. The molecule has 2 aromatic rings. The van der Waals surface area contributed by atoms with E-state index in [9.17, 15) is 4.79 Å². The number of nitrogens with zero attached hydrogens (tertiary/aromatic N) is 1. The summed E-state index contributed by atoms with van der Waals surface area (Å²) in [4.78, 5) is 16.7. The van der Waals surface area contributed by atoms with Crippen LogP contribution in [-0.4, -0.2) is 16.9 Å². The molecule has 23 heavy (non-hydrogen) atoms. The predicted octanol–water partition coefficient (Wildman–Crippen LogP) is 3.25. The second kappa shape index (κ2) is 6.82. The molecule has 0 saturated heterocycles. The van der Waals surface area contributed by atoms with Crippen LogP contribution in [0.1, 0.15) is 42.9 Å². The number of fused-ring (bicyclic) bond motifs is 1. The fraction of sp³-hybridized carbons (Fsp3) is 0.368. The highest BCUT2D eigenvalue weighted by molar-refractivity contribution is 5.85. The second-order valence-corrected chi connectivity index (χ2v) is 6.39. The fourth-order valence-electron chi connectivity index (χ4n) is 2.87. The Morgan fingerprint density at radius 1 is 1.35 bits per heavy atom. The monoisotopic (exact) mass is 309 g/mol. The minimum absolute atomic E-state index is 0.0504. The van der Waals surface area contributed by atoms with Crippen molar-refractivity contribution < 1.29 is 4.79 Å². The lowest BCUT2D eigenvalue weighted by atomic mass is 9.97. The summed E-state index contributed by atoms with van der Waals surface area (Å²) in [5.41, 5.74) is 4.59. The lowest BCUT2D eigenvalue weighted by Crippen LogP contribution is -2.41. The molecule has 0 spiro atoms. The lowest BCUT2D eigenvalue weighted by molar-refractivity contribution is -0.122. The van der Waals surface area contributed by atoms with Crippen molar-refractivity contribution in [3.63, 3.8) is 0 Å². The minimum atomic E-state index is -0.161. The summed E-state index contributed by atoms with van der Waals surface area (Å²) >= 11 is 0. The predicted molar refractivity (Wildman–Crippen MR) is 92.3 cm³/mol. The van der Waals surface area contributed by atoms with Crippen LogP contribution in [0.5, 0.6) is 0 Å². The molecule has 1 unspecified atom stereocenters. The van der Waals surface area contributed by atoms with E-state index in [4.69, 9.17) is 0 Å². The molecule has 2 heterocycles. The Bertz CT molecular complexity index is 697. The summed E-state index contributed by atoms with van der Waals surface area (Å²) in [5.74, 6) is 0.490. The minimum Gasteiger partial charge on any atom is -0.373 e. The normalized spacial score (nSPS) is 16.6. The molecule has 1 aliphatic rings. The summed E-state index contributed by atoms with van der Waals surface area (Å²) in [7, 11) is 0. The first kappa shape index (κ1) is 15.5. The van der Waals surface area contributed by atoms with Crippen molar-refractivity contribution in [2.45, 2.75) is 45.2 Å². The number of benzene rings is 1. The summed E-state index contributed by atoms with van der Waals surface area (Å²) in [5, 5.41) is 6.36. The SMILES string of the molecule is CC(C)c1cncc(CNC(=O)C2CCc3ccccc3N2)c1. The number of para-hydroxylation sites is 1. The molecule has 0 fully saturated rings. The number of amides is 1. The number of aromatic nitrogens is 1. The van der Waals surface area contributed by atoms with Gasteiger partial charge in [0.05, 0.1) is 0 Å². The summed E-state index contributed by atoms with van der Waals surface area (Å²) in [6.45, 7) is 4.80. The zero-order valence-electron chi connectivity index (χ0n) is 13.7. The van der Waals surface area contributed by atoms with Crippen molar-refractivity contribution in [1.29, 1.82) is 0 Å². The molecular formula is C19H23N3O. The third-order valence-electron chi connectivity index (χ3n) is 4.32. The molecule has 1 aliphatic heterocycles. The quantitative estimate of drug-likeness (QED) is 0.911. The van der Waals surface area contributed by atoms with Gasteiger partial charge in [-0.1, -0.05) is 38.1 Å². The van der Waals surface area contributed by atoms with Crippen molar-refractivity contribution in [3.8, 4) is 0 Å². The highest BCUT2D eigenvalue weighted by Gasteiger charge is 2.23. The van der Waals surface area contributed by atoms with E-state index in [-0.39, 0.29) is 11.9 Å². The number of rotatable bonds is 4. The van der Waals surface area contributed by atoms with Gasteiger partial charge in [-0.15, -0.1) is 0 Å². The third kappa shape index (κ3) is 3.70. The number of anilines is 1. The topological polar surface area (TPSA) is 54.0 Å². The fourth-order valence-corrected chi connectivity index (χ4v) is 2.87. The van der Waals surface area contributed by atoms with Crippen LogP contribution in [0.3, 0.4) is 0 Å². The first-order chi connectivity index (χ1) is 11.1. The van der Waals surface area contributed by atoms with Crippen LogP contribution in [0.4, 0.5) is 5.69 Å². The average Bonchev–Trinajstić information content (AvgIpc) is 2.59. The summed E-state index contributed by atoms with van der Waals surface area (Å²) in [6.07, 6.45) is 5.46. The maximum atomic E-state index is 12.4. The van der Waals surface area contributed by atoms with Gasteiger partial charge >= 0.3 is 0 Å². The van der Waals surface area contributed by atoms with Crippen LogP contribution in [-0.2, 0) is 17.8 Å². The lowest BCUT2D eigenvalue weighted by Gasteiger charge is -2.26. The zero-order chi connectivity index (χ0) is 16.2. The van der Waals surface area contributed by atoms with Gasteiger partial charge in [-0.05, 0) is 41.5 Å². The molecule has 2 N–H and O–H groups in total. The van der Waals surface area contributed by atoms with Gasteiger partial charge in [-0.3, -0.25) is 9.78 Å². The van der Waals surface area contributed by atoms with Crippen LogP contribution < -0.4 is 10.6 Å². The zero-order valence-corrected chi connectivity index (χ0v) is 13.7. The van der Waals surface area contributed by atoms with Gasteiger partial charge in [0.1, 0.15) is 6.04 Å². The van der Waals surface area contributed by atoms with E-state index in [2.05, 4.69) is 41.6 Å². The molecule has 0 saturated carbocycles. The maximum Gasteiger partial charge on any atom is 0.242 e. The molecule has 4 heteroatoms. The van der Waals surface area contributed by atoms with Crippen LogP contribution in [0, 0.1) is 0 Å². The van der Waals surface area contributed by atoms with E-state index < -0.39 is 0 Å². The molecule has 0 bridgehead atoms. The Morgan fingerprint density at radius 3 is 3.00 bits per heavy atom. The Balaban J connectivity index is 1.59. The number of aryl methyl sites for hydroxylation is 1. The van der Waals surface area contributed by atoms with E-state index in [1.165, 1.54) is 11.1 Å². The number of nitrogens with one attached hydrogen (secondary N) is 2. The molecule has 1 amide bonds. The third-order valence-corrected chi connectivity index (χ3v) is 4.32. The first-order valence-corrected chi connectivity index (χ1v) is 8.19. The number of hydrogen-bond acceptors (Lipinski definition) is 3. The van der Waals surface area contributed by atoms with Crippen molar-refractivity contribution in [3.05, 3.63) is 59.4 Å². The molecule has 120 valence electrons. The number of pyridine rings is 1. The van der Waals surface area contributed by atoms with Gasteiger partial charge < -0.3 is 10.6 Å². The maximum absolute atomic E-state index is 12.4. The highest BCUT2D eigenvalue weighted by Crippen LogP contribution is 2.24. The van der Waals surface area contributed by atoms with Crippen LogP contribution in [0.15, 0.2) is 42.7 Å². The van der Waals surface area contributed by atoms with Crippen molar-refractivity contribution >= 4 is 11.6 Å². The van der Waals surface area contributed by atoms with E-state index in [0.717, 1.165) is 24.1 Å². The standard InChI is InChI=1S/C19H23N3O/c1-13(2)16-9-14(10-20-12-16)11-21-19(23)18-8-7-15-5-3-4-6-17(15)22-18/h3-6,9-10,12-13,18,22H,7-8,11H2,1-2H3,(H,21,23). The number of carbonyl (C=O) groups excluding carboxylic acids is 1. The van der Waals surface area contributed by atoms with Crippen molar-refractivity contribution in [1.82, 2.24) is 10.3 Å². The highest BCUT2D eigenvalue weighted by atomic mass is 16.2. The molecule has 1 aromatic heterocycles. The van der Waals surface area contributed by atoms with Gasteiger partial charge in [-0.2, -0.15) is 0 Å². The Morgan fingerprint density at radius 2 is 2.17 bits per heavy atom. The van der Waals surface area contributed by atoms with Gasteiger partial charge in [0.25, 0.3) is 0 Å². The summed E-state index contributed by atoms with van der Waals surface area (Å²) in [6, 6.07) is 10.1.